The zero-order valence-corrected chi connectivity index (χ0v) is 13.9. The van der Waals surface area contributed by atoms with E-state index in [-0.39, 0.29) is 5.97 Å². The van der Waals surface area contributed by atoms with Crippen LogP contribution in [0.3, 0.4) is 0 Å². The molecule has 0 heterocycles. The van der Waals surface area contributed by atoms with Crippen molar-refractivity contribution in [3.63, 3.8) is 0 Å². The second-order valence-electron chi connectivity index (χ2n) is 5.60. The molecule has 0 atom stereocenters. The van der Waals surface area contributed by atoms with Gasteiger partial charge in [-0.25, -0.2) is 4.79 Å². The SMILES string of the molecule is COC(=O)c1ccc(N)cc1-c1ccc(OCc2ccccc2)cc1. The summed E-state index contributed by atoms with van der Waals surface area (Å²) in [5, 5.41) is 0. The van der Waals surface area contributed by atoms with Gasteiger partial charge < -0.3 is 15.2 Å². The van der Waals surface area contributed by atoms with Crippen LogP contribution in [0.15, 0.2) is 72.8 Å². The van der Waals surface area contributed by atoms with Crippen LogP contribution in [0.2, 0.25) is 0 Å². The monoisotopic (exact) mass is 333 g/mol. The van der Waals surface area contributed by atoms with Crippen molar-refractivity contribution < 1.29 is 14.3 Å². The largest absolute Gasteiger partial charge is 0.489 e. The lowest BCUT2D eigenvalue weighted by molar-refractivity contribution is 0.0601. The maximum absolute atomic E-state index is 12.0. The van der Waals surface area contributed by atoms with Crippen LogP contribution < -0.4 is 10.5 Å². The number of ether oxygens (including phenoxy) is 2. The minimum Gasteiger partial charge on any atom is -0.489 e. The van der Waals surface area contributed by atoms with Crippen LogP contribution in [0, 0.1) is 0 Å². The average molecular weight is 333 g/mol. The molecular formula is C21H19NO3. The number of carbonyl (C=O) groups is 1. The fraction of sp³-hybridized carbons (Fsp3) is 0.0952. The molecular weight excluding hydrogens is 314 g/mol. The van der Waals surface area contributed by atoms with Crippen molar-refractivity contribution in [1.82, 2.24) is 0 Å². The Morgan fingerprint density at radius 2 is 1.68 bits per heavy atom. The van der Waals surface area contributed by atoms with E-state index < -0.39 is 0 Å². The molecule has 0 saturated heterocycles. The minimum atomic E-state index is -0.389. The van der Waals surface area contributed by atoms with Crippen LogP contribution in [0.25, 0.3) is 11.1 Å². The molecule has 0 aliphatic heterocycles. The van der Waals surface area contributed by atoms with E-state index in [9.17, 15) is 4.79 Å². The predicted molar refractivity (Wildman–Crippen MR) is 98.4 cm³/mol. The van der Waals surface area contributed by atoms with Gasteiger partial charge in [-0.3, -0.25) is 0 Å². The van der Waals surface area contributed by atoms with Crippen LogP contribution >= 0.6 is 0 Å². The first kappa shape index (κ1) is 16.6. The van der Waals surface area contributed by atoms with Crippen LogP contribution in [-0.2, 0) is 11.3 Å². The summed E-state index contributed by atoms with van der Waals surface area (Å²) in [4.78, 5) is 12.0. The molecule has 0 aliphatic rings. The second kappa shape index (κ2) is 7.53. The molecule has 4 nitrogen and oxygen atoms in total. The van der Waals surface area contributed by atoms with Gasteiger partial charge >= 0.3 is 5.97 Å². The van der Waals surface area contributed by atoms with Gasteiger partial charge in [0, 0.05) is 5.69 Å². The smallest absolute Gasteiger partial charge is 0.338 e. The van der Waals surface area contributed by atoms with E-state index >= 15 is 0 Å². The molecule has 0 saturated carbocycles. The van der Waals surface area contributed by atoms with Crippen molar-refractivity contribution in [1.29, 1.82) is 0 Å². The van der Waals surface area contributed by atoms with Crippen molar-refractivity contribution in [3.8, 4) is 16.9 Å². The van der Waals surface area contributed by atoms with Gasteiger partial charge in [-0.15, -0.1) is 0 Å². The van der Waals surface area contributed by atoms with Gasteiger partial charge in [0.2, 0.25) is 0 Å². The topological polar surface area (TPSA) is 61.5 Å². The number of benzene rings is 3. The molecule has 0 fully saturated rings. The van der Waals surface area contributed by atoms with Crippen molar-refractivity contribution in [2.45, 2.75) is 6.61 Å². The third kappa shape index (κ3) is 3.98. The zero-order chi connectivity index (χ0) is 17.6. The van der Waals surface area contributed by atoms with Crippen molar-refractivity contribution >= 4 is 11.7 Å². The van der Waals surface area contributed by atoms with E-state index in [2.05, 4.69) is 0 Å². The number of hydrogen-bond acceptors (Lipinski definition) is 4. The van der Waals surface area contributed by atoms with Crippen molar-refractivity contribution in [2.24, 2.45) is 0 Å². The van der Waals surface area contributed by atoms with E-state index in [0.717, 1.165) is 22.4 Å². The molecule has 0 unspecified atom stereocenters. The fourth-order valence-electron chi connectivity index (χ4n) is 2.56. The Morgan fingerprint density at radius 1 is 0.960 bits per heavy atom. The minimum absolute atomic E-state index is 0.389. The Labute approximate surface area is 146 Å². The van der Waals surface area contributed by atoms with Crippen molar-refractivity contribution in [3.05, 3.63) is 83.9 Å². The van der Waals surface area contributed by atoms with Gasteiger partial charge in [0.05, 0.1) is 12.7 Å². The highest BCUT2D eigenvalue weighted by Gasteiger charge is 2.13. The van der Waals surface area contributed by atoms with Crippen LogP contribution in [0.5, 0.6) is 5.75 Å². The molecule has 0 amide bonds. The average Bonchev–Trinajstić information content (AvgIpc) is 2.67. The van der Waals surface area contributed by atoms with Crippen LogP contribution in [-0.4, -0.2) is 13.1 Å². The first-order valence-electron chi connectivity index (χ1n) is 7.92. The molecule has 0 radical (unpaired) electrons. The molecule has 0 spiro atoms. The summed E-state index contributed by atoms with van der Waals surface area (Å²) in [7, 11) is 1.36. The molecule has 0 aromatic heterocycles. The lowest BCUT2D eigenvalue weighted by atomic mass is 9.99. The molecule has 25 heavy (non-hydrogen) atoms. The molecule has 126 valence electrons. The number of anilines is 1. The third-order valence-electron chi connectivity index (χ3n) is 3.86. The standard InChI is InChI=1S/C21H19NO3/c1-24-21(23)19-12-9-17(22)13-20(19)16-7-10-18(11-8-16)25-14-15-5-3-2-4-6-15/h2-13H,14,22H2,1H3. The number of nitrogens with two attached hydrogens (primary N) is 1. The van der Waals surface area contributed by atoms with E-state index in [1.807, 2.05) is 54.6 Å². The van der Waals surface area contributed by atoms with Gasteiger partial charge in [-0.2, -0.15) is 0 Å². The summed E-state index contributed by atoms with van der Waals surface area (Å²) in [6, 6.07) is 22.7. The molecule has 0 bridgehead atoms. The number of carbonyl (C=O) groups excluding carboxylic acids is 1. The molecule has 3 rings (SSSR count). The van der Waals surface area contributed by atoms with Crippen LogP contribution in [0.4, 0.5) is 5.69 Å². The summed E-state index contributed by atoms with van der Waals surface area (Å²) >= 11 is 0. The zero-order valence-electron chi connectivity index (χ0n) is 13.9. The molecule has 3 aromatic rings. The Bertz CT molecular complexity index is 858. The van der Waals surface area contributed by atoms with E-state index in [0.29, 0.717) is 17.9 Å². The highest BCUT2D eigenvalue weighted by Crippen LogP contribution is 2.28. The van der Waals surface area contributed by atoms with Gasteiger partial charge in [0.15, 0.2) is 0 Å². The predicted octanol–water partition coefficient (Wildman–Crippen LogP) is 4.30. The molecule has 0 aliphatic carbocycles. The normalized spacial score (nSPS) is 10.3. The quantitative estimate of drug-likeness (QED) is 0.558. The Hall–Kier alpha value is -3.27. The highest BCUT2D eigenvalue weighted by atomic mass is 16.5. The fourth-order valence-corrected chi connectivity index (χ4v) is 2.56. The highest BCUT2D eigenvalue weighted by molar-refractivity contribution is 5.98. The summed E-state index contributed by atoms with van der Waals surface area (Å²) in [5.74, 6) is 0.371. The lowest BCUT2D eigenvalue weighted by Gasteiger charge is -2.11. The number of nitrogen functional groups attached to an aromatic ring is 1. The lowest BCUT2D eigenvalue weighted by Crippen LogP contribution is -2.04. The summed E-state index contributed by atoms with van der Waals surface area (Å²) in [6.07, 6.45) is 0. The summed E-state index contributed by atoms with van der Waals surface area (Å²) in [6.45, 7) is 0.506. The van der Waals surface area contributed by atoms with E-state index in [4.69, 9.17) is 15.2 Å². The van der Waals surface area contributed by atoms with Crippen LogP contribution in [0.1, 0.15) is 15.9 Å². The summed E-state index contributed by atoms with van der Waals surface area (Å²) < 4.78 is 10.6. The number of esters is 1. The summed E-state index contributed by atoms with van der Waals surface area (Å²) in [5.41, 5.74) is 9.66. The Morgan fingerprint density at radius 3 is 2.36 bits per heavy atom. The Kier molecular flexibility index (Phi) is 5.00. The first-order chi connectivity index (χ1) is 12.2. The molecule has 3 aromatic carbocycles. The van der Waals surface area contributed by atoms with Gasteiger partial charge in [-0.05, 0) is 47.0 Å². The maximum atomic E-state index is 12.0. The van der Waals surface area contributed by atoms with E-state index in [1.54, 1.807) is 18.2 Å². The maximum Gasteiger partial charge on any atom is 0.338 e. The molecule has 2 N–H and O–H groups in total. The second-order valence-corrected chi connectivity index (χ2v) is 5.60. The molecule has 4 heteroatoms. The number of rotatable bonds is 5. The number of methoxy groups -OCH3 is 1. The van der Waals surface area contributed by atoms with Gasteiger partial charge in [0.25, 0.3) is 0 Å². The van der Waals surface area contributed by atoms with Gasteiger partial charge in [-0.1, -0.05) is 42.5 Å². The number of hydrogen-bond donors (Lipinski definition) is 1. The Balaban J connectivity index is 1.81. The van der Waals surface area contributed by atoms with E-state index in [1.165, 1.54) is 7.11 Å². The third-order valence-corrected chi connectivity index (χ3v) is 3.86. The first-order valence-corrected chi connectivity index (χ1v) is 7.92. The van der Waals surface area contributed by atoms with Crippen molar-refractivity contribution in [2.75, 3.05) is 12.8 Å². The van der Waals surface area contributed by atoms with Gasteiger partial charge in [0.1, 0.15) is 12.4 Å².